The molecule has 0 spiro atoms. The molecule has 0 saturated heterocycles. The number of benzene rings is 1. The van der Waals surface area contributed by atoms with Gasteiger partial charge in [0, 0.05) is 24.7 Å². The van der Waals surface area contributed by atoms with E-state index >= 15 is 0 Å². The van der Waals surface area contributed by atoms with E-state index in [0.29, 0.717) is 17.5 Å². The van der Waals surface area contributed by atoms with Gasteiger partial charge >= 0.3 is 0 Å². The molecule has 2 amide bonds. The molecule has 1 fully saturated rings. The Balaban J connectivity index is 1.90. The van der Waals surface area contributed by atoms with Gasteiger partial charge in [0.1, 0.15) is 0 Å². The van der Waals surface area contributed by atoms with Crippen LogP contribution in [0.2, 0.25) is 0 Å². The zero-order valence-corrected chi connectivity index (χ0v) is 13.3. The first-order valence-electron chi connectivity index (χ1n) is 7.91. The molecule has 1 aromatic carbocycles. The van der Waals surface area contributed by atoms with Crippen molar-refractivity contribution in [3.05, 3.63) is 41.5 Å². The molecule has 1 aliphatic carbocycles. The second kappa shape index (κ2) is 7.78. The number of rotatable bonds is 4. The van der Waals surface area contributed by atoms with Crippen LogP contribution in [0.3, 0.4) is 0 Å². The van der Waals surface area contributed by atoms with Crippen LogP contribution in [0.5, 0.6) is 0 Å². The Kier molecular flexibility index (Phi) is 5.75. The van der Waals surface area contributed by atoms with Crippen molar-refractivity contribution >= 4 is 17.9 Å². The molecule has 0 aromatic heterocycles. The summed E-state index contributed by atoms with van der Waals surface area (Å²) >= 11 is 0. The highest BCUT2D eigenvalue weighted by atomic mass is 16.2. The zero-order valence-electron chi connectivity index (χ0n) is 13.3. The summed E-state index contributed by atoms with van der Waals surface area (Å²) in [6.07, 6.45) is 8.06. The van der Waals surface area contributed by atoms with Gasteiger partial charge in [-0.2, -0.15) is 0 Å². The van der Waals surface area contributed by atoms with Crippen LogP contribution < -0.4 is 10.6 Å². The molecule has 4 heteroatoms. The molecule has 22 heavy (non-hydrogen) atoms. The Morgan fingerprint density at radius 3 is 2.45 bits per heavy atom. The van der Waals surface area contributed by atoms with E-state index in [1.807, 2.05) is 12.1 Å². The summed E-state index contributed by atoms with van der Waals surface area (Å²) in [5.74, 6) is 0.395. The van der Waals surface area contributed by atoms with Gasteiger partial charge < -0.3 is 10.6 Å². The molecule has 4 nitrogen and oxygen atoms in total. The third-order valence-electron chi connectivity index (χ3n) is 4.27. The topological polar surface area (TPSA) is 58.2 Å². The second-order valence-electron chi connectivity index (χ2n) is 5.91. The summed E-state index contributed by atoms with van der Waals surface area (Å²) in [4.78, 5) is 23.4. The monoisotopic (exact) mass is 300 g/mol. The smallest absolute Gasteiger partial charge is 0.251 e. The number of amides is 2. The Morgan fingerprint density at radius 2 is 1.82 bits per heavy atom. The molecule has 1 saturated carbocycles. The van der Waals surface area contributed by atoms with Gasteiger partial charge in [-0.3, -0.25) is 9.59 Å². The van der Waals surface area contributed by atoms with Crippen LogP contribution in [0.25, 0.3) is 6.08 Å². The van der Waals surface area contributed by atoms with Gasteiger partial charge in [0.05, 0.1) is 0 Å². The molecular weight excluding hydrogens is 276 g/mol. The zero-order chi connectivity index (χ0) is 15.9. The first-order valence-corrected chi connectivity index (χ1v) is 7.91. The van der Waals surface area contributed by atoms with Crippen LogP contribution >= 0.6 is 0 Å². The van der Waals surface area contributed by atoms with Crippen LogP contribution in [0.15, 0.2) is 30.3 Å². The Bertz CT molecular complexity index is 549. The number of hydrogen-bond acceptors (Lipinski definition) is 2. The molecular formula is C18H24N2O2. The van der Waals surface area contributed by atoms with Crippen LogP contribution in [-0.2, 0) is 4.79 Å². The maximum Gasteiger partial charge on any atom is 0.251 e. The number of hydrogen-bond donors (Lipinski definition) is 2. The van der Waals surface area contributed by atoms with Gasteiger partial charge in [0.2, 0.25) is 5.91 Å². The van der Waals surface area contributed by atoms with Gasteiger partial charge in [-0.1, -0.05) is 31.9 Å². The normalized spacial score (nSPS) is 21.5. The fraction of sp³-hybridized carbons (Fsp3) is 0.444. The molecule has 118 valence electrons. The van der Waals surface area contributed by atoms with Gasteiger partial charge in [-0.05, 0) is 42.5 Å². The minimum atomic E-state index is -0.112. The highest BCUT2D eigenvalue weighted by molar-refractivity contribution is 5.94. The Labute approximate surface area is 132 Å². The van der Waals surface area contributed by atoms with Gasteiger partial charge in [-0.15, -0.1) is 0 Å². The van der Waals surface area contributed by atoms with E-state index in [4.69, 9.17) is 0 Å². The standard InChI is InChI=1S/C18H24N2O2/c1-13-5-3-4-6-16(13)20-17(21)12-9-14-7-10-15(11-8-14)18(22)19-2/h7-13,16H,3-6H2,1-2H3,(H,19,22)(H,20,21)/b12-9+. The van der Waals surface area contributed by atoms with E-state index < -0.39 is 0 Å². The molecule has 2 rings (SSSR count). The third-order valence-corrected chi connectivity index (χ3v) is 4.27. The van der Waals surface area contributed by atoms with E-state index in [9.17, 15) is 9.59 Å². The lowest BCUT2D eigenvalue weighted by Crippen LogP contribution is -2.40. The average molecular weight is 300 g/mol. The summed E-state index contributed by atoms with van der Waals surface area (Å²) in [7, 11) is 1.60. The lowest BCUT2D eigenvalue weighted by molar-refractivity contribution is -0.117. The number of carbonyl (C=O) groups is 2. The maximum atomic E-state index is 12.0. The fourth-order valence-corrected chi connectivity index (χ4v) is 2.82. The molecule has 1 aliphatic rings. The van der Waals surface area contributed by atoms with Crippen molar-refractivity contribution < 1.29 is 9.59 Å². The van der Waals surface area contributed by atoms with E-state index in [1.54, 1.807) is 31.3 Å². The van der Waals surface area contributed by atoms with E-state index in [-0.39, 0.29) is 11.8 Å². The summed E-state index contributed by atoms with van der Waals surface area (Å²) < 4.78 is 0. The SMILES string of the molecule is CNC(=O)c1ccc(/C=C/C(=O)NC2CCCCC2C)cc1. The van der Waals surface area contributed by atoms with Crippen LogP contribution in [0, 0.1) is 5.92 Å². The van der Waals surface area contributed by atoms with Crippen LogP contribution in [0.1, 0.15) is 48.5 Å². The average Bonchev–Trinajstić information content (AvgIpc) is 2.55. The van der Waals surface area contributed by atoms with Gasteiger partial charge in [-0.25, -0.2) is 0 Å². The minimum absolute atomic E-state index is 0.0471. The third kappa shape index (κ3) is 4.45. The van der Waals surface area contributed by atoms with Crippen LogP contribution in [-0.4, -0.2) is 24.9 Å². The molecule has 1 aromatic rings. The molecule has 2 atom stereocenters. The second-order valence-corrected chi connectivity index (χ2v) is 5.91. The lowest BCUT2D eigenvalue weighted by atomic mass is 9.86. The largest absolute Gasteiger partial charge is 0.355 e. The van der Waals surface area contributed by atoms with E-state index in [0.717, 1.165) is 12.0 Å². The van der Waals surface area contributed by atoms with Crippen LogP contribution in [0.4, 0.5) is 0 Å². The molecule has 0 bridgehead atoms. The molecule has 0 aliphatic heterocycles. The Hall–Kier alpha value is -2.10. The first-order chi connectivity index (χ1) is 10.6. The minimum Gasteiger partial charge on any atom is -0.355 e. The van der Waals surface area contributed by atoms with Crippen molar-refractivity contribution in [2.75, 3.05) is 7.05 Å². The summed E-state index contributed by atoms with van der Waals surface area (Å²) in [5, 5.41) is 5.67. The summed E-state index contributed by atoms with van der Waals surface area (Å²) in [5.41, 5.74) is 1.51. The molecule has 0 radical (unpaired) electrons. The van der Waals surface area contributed by atoms with Crippen molar-refractivity contribution in [1.82, 2.24) is 10.6 Å². The highest BCUT2D eigenvalue weighted by Gasteiger charge is 2.21. The van der Waals surface area contributed by atoms with Crippen molar-refractivity contribution in [3.63, 3.8) is 0 Å². The molecule has 0 heterocycles. The lowest BCUT2D eigenvalue weighted by Gasteiger charge is -2.29. The van der Waals surface area contributed by atoms with Crippen molar-refractivity contribution in [3.8, 4) is 0 Å². The van der Waals surface area contributed by atoms with Crippen molar-refractivity contribution in [1.29, 1.82) is 0 Å². The number of nitrogens with one attached hydrogen (secondary N) is 2. The van der Waals surface area contributed by atoms with Gasteiger partial charge in [0.15, 0.2) is 0 Å². The predicted octanol–water partition coefficient (Wildman–Crippen LogP) is 2.75. The quantitative estimate of drug-likeness (QED) is 0.840. The summed E-state index contributed by atoms with van der Waals surface area (Å²) in [6.45, 7) is 2.20. The molecule has 2 unspecified atom stereocenters. The maximum absolute atomic E-state index is 12.0. The summed E-state index contributed by atoms with van der Waals surface area (Å²) in [6, 6.07) is 7.45. The first kappa shape index (κ1) is 16.3. The molecule has 2 N–H and O–H groups in total. The van der Waals surface area contributed by atoms with Gasteiger partial charge in [0.25, 0.3) is 5.91 Å². The highest BCUT2D eigenvalue weighted by Crippen LogP contribution is 2.23. The van der Waals surface area contributed by atoms with E-state index in [1.165, 1.54) is 19.3 Å². The van der Waals surface area contributed by atoms with E-state index in [2.05, 4.69) is 17.6 Å². The Morgan fingerprint density at radius 1 is 1.14 bits per heavy atom. The predicted molar refractivity (Wildman–Crippen MR) is 88.4 cm³/mol. The number of carbonyl (C=O) groups excluding carboxylic acids is 2. The fourth-order valence-electron chi connectivity index (χ4n) is 2.82. The van der Waals surface area contributed by atoms with Crippen molar-refractivity contribution in [2.45, 2.75) is 38.6 Å². The van der Waals surface area contributed by atoms with Crippen molar-refractivity contribution in [2.24, 2.45) is 5.92 Å².